The van der Waals surface area contributed by atoms with Crippen LogP contribution in [0.5, 0.6) is 0 Å². The first-order chi connectivity index (χ1) is 10.3. The number of aliphatic hydroxyl groups is 4. The molecule has 0 atom stereocenters. The van der Waals surface area contributed by atoms with E-state index in [0.717, 1.165) is 26.2 Å². The van der Waals surface area contributed by atoms with Crippen LogP contribution in [-0.2, 0) is 0 Å². The molecule has 0 rings (SSSR count). The first-order valence-electron chi connectivity index (χ1n) is 8.14. The van der Waals surface area contributed by atoms with E-state index in [2.05, 4.69) is 26.0 Å². The lowest BCUT2D eigenvalue weighted by molar-refractivity contribution is -0.912. The van der Waals surface area contributed by atoms with Gasteiger partial charge < -0.3 is 54.2 Å². The zero-order chi connectivity index (χ0) is 17.1. The third-order valence-electron chi connectivity index (χ3n) is 4.60. The Kier molecular flexibility index (Phi) is 18.8. The Bertz CT molecular complexity index is 251. The van der Waals surface area contributed by atoms with Gasteiger partial charge in [-0.2, -0.15) is 0 Å². The van der Waals surface area contributed by atoms with Crippen LogP contribution in [0.2, 0.25) is 0 Å². The van der Waals surface area contributed by atoms with Gasteiger partial charge >= 0.3 is 0 Å². The minimum absolute atomic E-state index is 0. The second-order valence-corrected chi connectivity index (χ2v) is 6.78. The highest BCUT2D eigenvalue weighted by atomic mass is 35.5. The summed E-state index contributed by atoms with van der Waals surface area (Å²) in [5, 5.41) is 36.6. The summed E-state index contributed by atoms with van der Waals surface area (Å²) in [6.07, 6.45) is 0. The topological polar surface area (TPSA) is 84.2 Å². The van der Waals surface area contributed by atoms with E-state index in [4.69, 9.17) is 20.4 Å². The molecular weight excluding hydrogens is 357 g/mol. The van der Waals surface area contributed by atoms with Crippen molar-refractivity contribution in [2.75, 3.05) is 99.9 Å². The third kappa shape index (κ3) is 12.6. The molecule has 4 N–H and O–H groups in total. The summed E-state index contributed by atoms with van der Waals surface area (Å²) < 4.78 is 1.33. The molecule has 0 aromatic heterocycles. The van der Waals surface area contributed by atoms with E-state index in [1.165, 1.54) is 0 Å². The molecule has 150 valence electrons. The molecule has 0 aliphatic carbocycles. The highest BCUT2D eigenvalue weighted by molar-refractivity contribution is 4.53. The minimum Gasteiger partial charge on any atom is -1.00 e. The van der Waals surface area contributed by atoms with Gasteiger partial charge in [0, 0.05) is 13.1 Å². The van der Waals surface area contributed by atoms with E-state index in [0.29, 0.717) is 35.1 Å². The van der Waals surface area contributed by atoms with Crippen molar-refractivity contribution in [3.8, 4) is 0 Å². The largest absolute Gasteiger partial charge is 1.00 e. The van der Waals surface area contributed by atoms with Gasteiger partial charge in [0.2, 0.25) is 0 Å². The van der Waals surface area contributed by atoms with Crippen molar-refractivity contribution in [2.45, 2.75) is 0 Å². The molecule has 0 bridgehead atoms. The number of hydrogen-bond acceptors (Lipinski definition) is 5. The number of rotatable bonds is 14. The van der Waals surface area contributed by atoms with E-state index in [9.17, 15) is 0 Å². The molecule has 0 aromatic rings. The molecule has 0 aromatic carbocycles. The van der Waals surface area contributed by atoms with Crippen molar-refractivity contribution in [1.82, 2.24) is 4.90 Å². The smallest absolute Gasteiger partial charge is 0.102 e. The zero-order valence-electron chi connectivity index (χ0n) is 15.4. The Balaban J connectivity index is -0.00000220. The highest BCUT2D eigenvalue weighted by Crippen LogP contribution is 2.04. The van der Waals surface area contributed by atoms with Gasteiger partial charge in [0.1, 0.15) is 26.2 Å². The predicted octanol–water partition coefficient (Wildman–Crippen LogP) is -8.21. The van der Waals surface area contributed by atoms with Crippen molar-refractivity contribution in [3.05, 3.63) is 0 Å². The standard InChI is InChI=1S/C15H37N3O4.2ClH/c1-16(4-6-17(2,8-12-19)9-13-20)5-7-18(3,10-14-21)11-15-22;;/h19-22H,4-15H2,1-3H3;2*1H/q+2;;/p-2. The quantitative estimate of drug-likeness (QED) is 0.220. The third-order valence-corrected chi connectivity index (χ3v) is 4.60. The van der Waals surface area contributed by atoms with Crippen LogP contribution in [0.25, 0.3) is 0 Å². The molecule has 0 unspecified atom stereocenters. The van der Waals surface area contributed by atoms with Gasteiger partial charge in [0.25, 0.3) is 0 Å². The second kappa shape index (κ2) is 15.5. The average molecular weight is 394 g/mol. The fourth-order valence-electron chi connectivity index (χ4n) is 2.57. The highest BCUT2D eigenvalue weighted by Gasteiger charge is 2.23. The molecule has 9 heteroatoms. The molecule has 7 nitrogen and oxygen atoms in total. The molecule has 0 aliphatic heterocycles. The molecular formula is C15H37Cl2N3O4. The number of nitrogens with zero attached hydrogens (tertiary/aromatic N) is 3. The lowest BCUT2D eigenvalue weighted by Crippen LogP contribution is -3.00. The minimum atomic E-state index is 0. The molecule has 0 saturated heterocycles. The molecule has 0 fully saturated rings. The van der Waals surface area contributed by atoms with Crippen LogP contribution in [0.4, 0.5) is 0 Å². The van der Waals surface area contributed by atoms with Crippen LogP contribution in [0.3, 0.4) is 0 Å². The van der Waals surface area contributed by atoms with E-state index in [-0.39, 0.29) is 51.2 Å². The van der Waals surface area contributed by atoms with E-state index in [1.54, 1.807) is 0 Å². The van der Waals surface area contributed by atoms with Gasteiger partial charge in [-0.25, -0.2) is 0 Å². The molecule has 0 aliphatic rings. The molecule has 0 saturated carbocycles. The molecule has 0 spiro atoms. The zero-order valence-corrected chi connectivity index (χ0v) is 16.9. The van der Waals surface area contributed by atoms with Crippen LogP contribution in [0.15, 0.2) is 0 Å². The maximum atomic E-state index is 9.16. The lowest BCUT2D eigenvalue weighted by atomic mass is 10.3. The molecule has 24 heavy (non-hydrogen) atoms. The molecule has 0 amide bonds. The van der Waals surface area contributed by atoms with Crippen LogP contribution < -0.4 is 24.8 Å². The fourth-order valence-corrected chi connectivity index (χ4v) is 2.57. The van der Waals surface area contributed by atoms with Crippen molar-refractivity contribution >= 4 is 0 Å². The molecule has 0 radical (unpaired) electrons. The van der Waals surface area contributed by atoms with Crippen molar-refractivity contribution in [2.24, 2.45) is 0 Å². The summed E-state index contributed by atoms with van der Waals surface area (Å²) in [4.78, 5) is 2.23. The van der Waals surface area contributed by atoms with E-state index < -0.39 is 0 Å². The Morgan fingerprint density at radius 3 is 1.04 bits per heavy atom. The summed E-state index contributed by atoms with van der Waals surface area (Å²) in [5.74, 6) is 0. The SMILES string of the molecule is CN(CC[N+](C)(CCO)CCO)CC[N+](C)(CCO)CCO.[Cl-].[Cl-]. The van der Waals surface area contributed by atoms with E-state index in [1.807, 2.05) is 0 Å². The Morgan fingerprint density at radius 1 is 0.583 bits per heavy atom. The number of quaternary nitrogens is 2. The van der Waals surface area contributed by atoms with Crippen LogP contribution in [0.1, 0.15) is 0 Å². The average Bonchev–Trinajstić information content (AvgIpc) is 2.44. The monoisotopic (exact) mass is 393 g/mol. The van der Waals surface area contributed by atoms with E-state index >= 15 is 0 Å². The van der Waals surface area contributed by atoms with Gasteiger partial charge in [0.05, 0.1) is 53.6 Å². The Hall–Kier alpha value is 0.300. The van der Waals surface area contributed by atoms with Gasteiger partial charge in [-0.15, -0.1) is 0 Å². The maximum absolute atomic E-state index is 9.16. The number of halogens is 2. The maximum Gasteiger partial charge on any atom is 0.102 e. The summed E-state index contributed by atoms with van der Waals surface area (Å²) in [7, 11) is 6.17. The van der Waals surface area contributed by atoms with Crippen LogP contribution in [0, 0.1) is 0 Å². The fraction of sp³-hybridized carbons (Fsp3) is 1.00. The summed E-state index contributed by atoms with van der Waals surface area (Å²) in [6, 6.07) is 0. The Morgan fingerprint density at radius 2 is 0.833 bits per heavy atom. The van der Waals surface area contributed by atoms with Crippen molar-refractivity contribution in [3.63, 3.8) is 0 Å². The van der Waals surface area contributed by atoms with Crippen LogP contribution >= 0.6 is 0 Å². The first kappa shape index (κ1) is 29.1. The summed E-state index contributed by atoms with van der Waals surface area (Å²) in [5.41, 5.74) is 0. The first-order valence-corrected chi connectivity index (χ1v) is 8.14. The number of hydrogen-bond donors (Lipinski definition) is 4. The summed E-state index contributed by atoms with van der Waals surface area (Å²) >= 11 is 0. The van der Waals surface area contributed by atoms with Crippen molar-refractivity contribution in [1.29, 1.82) is 0 Å². The Labute approximate surface area is 159 Å². The van der Waals surface area contributed by atoms with Crippen LogP contribution in [-0.4, -0.2) is 134 Å². The lowest BCUT2D eigenvalue weighted by Gasteiger charge is -2.37. The van der Waals surface area contributed by atoms with Gasteiger partial charge in [-0.05, 0) is 7.05 Å². The van der Waals surface area contributed by atoms with Gasteiger partial charge in [0.15, 0.2) is 0 Å². The predicted molar refractivity (Wildman–Crippen MR) is 87.4 cm³/mol. The summed E-state index contributed by atoms with van der Waals surface area (Å²) in [6.45, 7) is 6.63. The normalized spacial score (nSPS) is 12.0. The number of aliphatic hydroxyl groups excluding tert-OH is 4. The van der Waals surface area contributed by atoms with Gasteiger partial charge in [-0.3, -0.25) is 4.90 Å². The second-order valence-electron chi connectivity index (χ2n) is 6.78. The molecule has 0 heterocycles. The van der Waals surface area contributed by atoms with Gasteiger partial charge in [-0.1, -0.05) is 0 Å². The van der Waals surface area contributed by atoms with Crippen molar-refractivity contribution < 1.29 is 54.2 Å². The number of likely N-dealkylation sites (N-methyl/N-ethyl adjacent to an activating group) is 3.